The van der Waals surface area contributed by atoms with Crippen molar-refractivity contribution in [1.29, 1.82) is 0 Å². The van der Waals surface area contributed by atoms with E-state index in [9.17, 15) is 24.0 Å². The lowest BCUT2D eigenvalue weighted by Gasteiger charge is -2.29. The van der Waals surface area contributed by atoms with E-state index in [1.54, 1.807) is 118 Å². The Morgan fingerprint density at radius 1 is 0.750 bits per heavy atom. The smallest absolute Gasteiger partial charge is 0.437 e. The molecule has 1 aromatic heterocycles. The number of thiazole rings is 1. The zero-order valence-corrected chi connectivity index (χ0v) is 35.0. The second-order valence-corrected chi connectivity index (χ2v) is 17.4. The third-order valence-corrected chi connectivity index (χ3v) is 7.45. The normalized spacial score (nSPS) is 13.8. The highest BCUT2D eigenvalue weighted by molar-refractivity contribution is 7.12. The molecule has 306 valence electrons. The fourth-order valence-corrected chi connectivity index (χ4v) is 5.26. The molecule has 0 atom stereocenters. The van der Waals surface area contributed by atoms with Crippen LogP contribution in [0.2, 0.25) is 0 Å². The maximum Gasteiger partial charge on any atom is 0.437 e. The van der Waals surface area contributed by atoms with E-state index in [1.165, 1.54) is 11.3 Å². The van der Waals surface area contributed by atoms with Crippen molar-refractivity contribution in [2.45, 2.75) is 118 Å². The van der Waals surface area contributed by atoms with Crippen LogP contribution in [0.3, 0.4) is 0 Å². The van der Waals surface area contributed by atoms with Gasteiger partial charge < -0.3 is 29.2 Å². The molecule has 3 rings (SSSR count). The van der Waals surface area contributed by atoms with Gasteiger partial charge in [0.1, 0.15) is 22.4 Å². The lowest BCUT2D eigenvalue weighted by atomic mass is 10.1. The molecule has 0 radical (unpaired) electrons. The summed E-state index contributed by atoms with van der Waals surface area (Å²) in [5.41, 5.74) is -0.338. The summed E-state index contributed by atoms with van der Waals surface area (Å²) in [6, 6.07) is 6.86. The number of ether oxygens (including phenoxy) is 4. The van der Waals surface area contributed by atoms with Crippen molar-refractivity contribution < 1.29 is 42.9 Å². The van der Waals surface area contributed by atoms with Gasteiger partial charge in [-0.05, 0) is 113 Å². The largest absolute Gasteiger partial charge is 0.444 e. The molecule has 5 amide bonds. The summed E-state index contributed by atoms with van der Waals surface area (Å²) in [6.07, 6.45) is -0.846. The third-order valence-electron chi connectivity index (χ3n) is 6.61. The SMILES string of the molecule is CC(C)(C)OC(=O)N=C(NC(=O)OC(C)(C)C)N1CC=C(c2csc(C(=O)Nc3ccc(CN=C(NC(=O)OC(C)(C)C)NC(=O)OC(C)(C)C)cc3)n2)CC1. The van der Waals surface area contributed by atoms with Gasteiger partial charge in [0.05, 0.1) is 12.2 Å². The van der Waals surface area contributed by atoms with Crippen LogP contribution in [0.5, 0.6) is 0 Å². The van der Waals surface area contributed by atoms with Crippen molar-refractivity contribution in [3.63, 3.8) is 0 Å². The Balaban J connectivity index is 1.66. The van der Waals surface area contributed by atoms with E-state index in [1.807, 2.05) is 6.08 Å². The zero-order valence-electron chi connectivity index (χ0n) is 34.2. The van der Waals surface area contributed by atoms with Gasteiger partial charge in [0.25, 0.3) is 5.91 Å². The lowest BCUT2D eigenvalue weighted by molar-refractivity contribution is 0.0528. The Hall–Kier alpha value is -5.52. The number of anilines is 1. The number of carbonyl (C=O) groups is 5. The van der Waals surface area contributed by atoms with Crippen molar-refractivity contribution >= 4 is 64.8 Å². The molecule has 1 aliphatic heterocycles. The van der Waals surface area contributed by atoms with E-state index < -0.39 is 52.7 Å². The van der Waals surface area contributed by atoms with E-state index in [0.29, 0.717) is 29.9 Å². The van der Waals surface area contributed by atoms with Crippen molar-refractivity contribution in [2.24, 2.45) is 9.98 Å². The number of amides is 5. The summed E-state index contributed by atoms with van der Waals surface area (Å²) in [5, 5.41) is 12.3. The predicted molar refractivity (Wildman–Crippen MR) is 214 cm³/mol. The van der Waals surface area contributed by atoms with E-state index in [2.05, 4.69) is 36.2 Å². The molecule has 0 fully saturated rings. The molecule has 0 unspecified atom stereocenters. The molecule has 0 bridgehead atoms. The van der Waals surface area contributed by atoms with Gasteiger partial charge in [0.15, 0.2) is 5.01 Å². The van der Waals surface area contributed by atoms with Crippen LogP contribution < -0.4 is 21.3 Å². The molecule has 0 saturated carbocycles. The van der Waals surface area contributed by atoms with Gasteiger partial charge in [0, 0.05) is 24.2 Å². The van der Waals surface area contributed by atoms with Gasteiger partial charge in [-0.25, -0.2) is 29.2 Å². The van der Waals surface area contributed by atoms with Crippen molar-refractivity contribution in [2.75, 3.05) is 18.4 Å². The highest BCUT2D eigenvalue weighted by Gasteiger charge is 2.26. The van der Waals surface area contributed by atoms with Crippen LogP contribution in [0.4, 0.5) is 24.9 Å². The Bertz CT molecular complexity index is 1810. The van der Waals surface area contributed by atoms with Gasteiger partial charge in [-0.3, -0.25) is 20.7 Å². The Labute approximate surface area is 331 Å². The molecule has 0 spiro atoms. The molecule has 17 nitrogen and oxygen atoms in total. The minimum atomic E-state index is -0.856. The number of aliphatic imine (C=N–C) groups is 2. The van der Waals surface area contributed by atoms with Gasteiger partial charge in [0.2, 0.25) is 11.9 Å². The first-order valence-corrected chi connectivity index (χ1v) is 18.8. The van der Waals surface area contributed by atoms with Crippen molar-refractivity contribution in [3.8, 4) is 0 Å². The monoisotopic (exact) mass is 798 g/mol. The first kappa shape index (κ1) is 44.9. The summed E-state index contributed by atoms with van der Waals surface area (Å²) in [7, 11) is 0. The zero-order chi connectivity index (χ0) is 42.1. The standard InChI is InChI=1S/C38H54N8O9S/c1-35(2,3)52-31(48)42-29(43-32(49)53-36(4,5)6)39-21-23-13-15-25(16-14-23)40-27(47)28-41-26(22-56-28)24-17-19-46(20-18-24)30(44-33(50)54-37(7,8)9)45-34(51)55-38(10,11)12/h13-17,22H,18-21H2,1-12H3,(H,40,47)(H,44,45,50,51)(H2,39,42,43,48,49). The number of guanidine groups is 2. The summed E-state index contributed by atoms with van der Waals surface area (Å²) in [6.45, 7) is 21.3. The van der Waals surface area contributed by atoms with Crippen molar-refractivity contribution in [3.05, 3.63) is 52.0 Å². The molecule has 0 saturated heterocycles. The van der Waals surface area contributed by atoms with Gasteiger partial charge in [-0.1, -0.05) is 18.2 Å². The number of aromatic nitrogens is 1. The first-order chi connectivity index (χ1) is 25.7. The number of benzene rings is 1. The maximum absolute atomic E-state index is 13.1. The van der Waals surface area contributed by atoms with Crippen LogP contribution in [0.25, 0.3) is 5.57 Å². The number of alkyl carbamates (subject to hydrolysis) is 3. The number of nitrogens with one attached hydrogen (secondary N) is 4. The predicted octanol–water partition coefficient (Wildman–Crippen LogP) is 7.21. The summed E-state index contributed by atoms with van der Waals surface area (Å²) >= 11 is 1.19. The summed E-state index contributed by atoms with van der Waals surface area (Å²) < 4.78 is 21.3. The summed E-state index contributed by atoms with van der Waals surface area (Å²) in [4.78, 5) is 77.6. The van der Waals surface area contributed by atoms with Gasteiger partial charge in [-0.15, -0.1) is 16.3 Å². The van der Waals surface area contributed by atoms with Crippen LogP contribution in [-0.2, 0) is 25.5 Å². The number of hydrogen-bond donors (Lipinski definition) is 4. The number of nitrogens with zero attached hydrogens (tertiary/aromatic N) is 4. The second-order valence-electron chi connectivity index (χ2n) is 16.6. The average Bonchev–Trinajstić information content (AvgIpc) is 3.51. The number of rotatable bonds is 5. The van der Waals surface area contributed by atoms with Gasteiger partial charge in [-0.2, -0.15) is 0 Å². The third kappa shape index (κ3) is 16.9. The lowest BCUT2D eigenvalue weighted by Crippen LogP contribution is -2.48. The topological polar surface area (TPSA) is 211 Å². The fourth-order valence-electron chi connectivity index (χ4n) is 4.52. The van der Waals surface area contributed by atoms with Gasteiger partial charge >= 0.3 is 24.4 Å². The molecule has 56 heavy (non-hydrogen) atoms. The highest BCUT2D eigenvalue weighted by Crippen LogP contribution is 2.25. The van der Waals surface area contributed by atoms with Crippen LogP contribution in [0.15, 0.2) is 45.7 Å². The minimum absolute atomic E-state index is 0.00431. The van der Waals surface area contributed by atoms with E-state index in [4.69, 9.17) is 18.9 Å². The fraction of sp³-hybridized carbons (Fsp3) is 0.526. The molecule has 2 aromatic rings. The van der Waals surface area contributed by atoms with Crippen molar-refractivity contribution in [1.82, 2.24) is 25.8 Å². The number of hydrogen-bond acceptors (Lipinski definition) is 12. The molecule has 18 heteroatoms. The van der Waals surface area contributed by atoms with E-state index >= 15 is 0 Å². The maximum atomic E-state index is 13.1. The Kier molecular flexibility index (Phi) is 14.8. The Morgan fingerprint density at radius 2 is 1.27 bits per heavy atom. The number of carbonyl (C=O) groups excluding carboxylic acids is 5. The molecule has 2 heterocycles. The second kappa shape index (κ2) is 18.4. The minimum Gasteiger partial charge on any atom is -0.444 e. The average molecular weight is 799 g/mol. The quantitative estimate of drug-likeness (QED) is 0.135. The molecule has 4 N–H and O–H groups in total. The Morgan fingerprint density at radius 3 is 1.75 bits per heavy atom. The molecular formula is C38H54N8O9S. The first-order valence-electron chi connectivity index (χ1n) is 17.9. The molecule has 0 aliphatic carbocycles. The van der Waals surface area contributed by atoms with Crippen LogP contribution in [0, 0.1) is 0 Å². The van der Waals surface area contributed by atoms with E-state index in [-0.39, 0.29) is 30.0 Å². The van der Waals surface area contributed by atoms with Crippen LogP contribution in [0.1, 0.15) is 111 Å². The van der Waals surface area contributed by atoms with Crippen LogP contribution >= 0.6 is 11.3 Å². The highest BCUT2D eigenvalue weighted by atomic mass is 32.1. The van der Waals surface area contributed by atoms with Crippen LogP contribution in [-0.4, -0.2) is 87.6 Å². The molecular weight excluding hydrogens is 745 g/mol. The van der Waals surface area contributed by atoms with E-state index in [0.717, 1.165) is 5.57 Å². The molecule has 1 aromatic carbocycles. The summed E-state index contributed by atoms with van der Waals surface area (Å²) in [5.74, 6) is -0.558. The molecule has 1 aliphatic rings.